The van der Waals surface area contributed by atoms with Crippen molar-refractivity contribution in [3.05, 3.63) is 10.6 Å². The molecule has 6 heteroatoms. The fraction of sp³-hybridized carbons (Fsp3) is 0.800. The van der Waals surface area contributed by atoms with Gasteiger partial charge in [-0.25, -0.2) is 4.98 Å². The molecule has 0 spiro atoms. The van der Waals surface area contributed by atoms with Crippen molar-refractivity contribution in [2.45, 2.75) is 45.9 Å². The van der Waals surface area contributed by atoms with Gasteiger partial charge in [0, 0.05) is 31.6 Å². The van der Waals surface area contributed by atoms with Crippen LogP contribution in [0.25, 0.3) is 0 Å². The second-order valence-corrected chi connectivity index (χ2v) is 6.60. The Morgan fingerprint density at radius 2 is 2.33 bits per heavy atom. The van der Waals surface area contributed by atoms with E-state index in [0.29, 0.717) is 6.04 Å². The van der Waals surface area contributed by atoms with E-state index in [2.05, 4.69) is 31.0 Å². The van der Waals surface area contributed by atoms with Crippen LogP contribution < -0.4 is 10.2 Å². The molecule has 2 rings (SSSR count). The molecule has 2 atom stereocenters. The lowest BCUT2D eigenvalue weighted by molar-refractivity contribution is 0.0299. The maximum Gasteiger partial charge on any atom is 0.186 e. The molecule has 1 aliphatic heterocycles. The Kier molecular flexibility index (Phi) is 6.41. The van der Waals surface area contributed by atoms with Crippen LogP contribution in [0, 0.1) is 6.92 Å². The average molecular weight is 313 g/mol. The number of nitrogens with zero attached hydrogens (tertiary/aromatic N) is 2. The van der Waals surface area contributed by atoms with E-state index in [1.165, 1.54) is 4.88 Å². The molecule has 0 bridgehead atoms. The van der Waals surface area contributed by atoms with Gasteiger partial charge in [0.25, 0.3) is 0 Å². The summed E-state index contributed by atoms with van der Waals surface area (Å²) in [6.45, 7) is 10.7. The van der Waals surface area contributed by atoms with Gasteiger partial charge in [0.15, 0.2) is 5.13 Å². The number of ether oxygens (including phenoxy) is 2. The standard InChI is InChI=1S/C15H27N3O2S/c1-5-13-10-20-11(2)9-18(13)15-17-12(3)14(21-15)8-16-6-7-19-4/h11,13,16H,5-10H2,1-4H3. The second kappa shape index (κ2) is 8.08. The van der Waals surface area contributed by atoms with Crippen LogP contribution in [0.15, 0.2) is 0 Å². The van der Waals surface area contributed by atoms with Crippen LogP contribution in [0.5, 0.6) is 0 Å². The summed E-state index contributed by atoms with van der Waals surface area (Å²) in [7, 11) is 1.72. The molecule has 0 amide bonds. The Morgan fingerprint density at radius 1 is 1.52 bits per heavy atom. The molecule has 0 radical (unpaired) electrons. The van der Waals surface area contributed by atoms with E-state index in [1.54, 1.807) is 18.4 Å². The molecule has 1 N–H and O–H groups in total. The summed E-state index contributed by atoms with van der Waals surface area (Å²) in [5.74, 6) is 0. The van der Waals surface area contributed by atoms with Crippen molar-refractivity contribution in [1.82, 2.24) is 10.3 Å². The first kappa shape index (κ1) is 16.7. The summed E-state index contributed by atoms with van der Waals surface area (Å²) in [6.07, 6.45) is 1.37. The molecule has 2 unspecified atom stereocenters. The SMILES string of the molecule is CCC1COC(C)CN1c1nc(C)c(CNCCOC)s1. The molecule has 120 valence electrons. The van der Waals surface area contributed by atoms with E-state index < -0.39 is 0 Å². The molecule has 5 nitrogen and oxygen atoms in total. The first-order valence-corrected chi connectivity index (χ1v) is 8.51. The molecule has 0 aliphatic carbocycles. The van der Waals surface area contributed by atoms with Crippen molar-refractivity contribution < 1.29 is 9.47 Å². The number of rotatable bonds is 7. The number of aromatic nitrogens is 1. The minimum absolute atomic E-state index is 0.278. The molecule has 1 aromatic rings. The highest BCUT2D eigenvalue weighted by Crippen LogP contribution is 2.30. The maximum absolute atomic E-state index is 5.77. The van der Waals surface area contributed by atoms with Crippen LogP contribution in [-0.2, 0) is 16.0 Å². The van der Waals surface area contributed by atoms with Gasteiger partial charge in [-0.05, 0) is 20.3 Å². The van der Waals surface area contributed by atoms with E-state index in [-0.39, 0.29) is 6.10 Å². The van der Waals surface area contributed by atoms with Crippen molar-refractivity contribution in [3.63, 3.8) is 0 Å². The van der Waals surface area contributed by atoms with Crippen LogP contribution in [-0.4, -0.2) is 50.5 Å². The highest BCUT2D eigenvalue weighted by atomic mass is 32.1. The molecule has 0 saturated carbocycles. The van der Waals surface area contributed by atoms with Crippen molar-refractivity contribution >= 4 is 16.5 Å². The molecule has 0 aromatic carbocycles. The summed E-state index contributed by atoms with van der Waals surface area (Å²) < 4.78 is 10.8. The number of hydrogen-bond donors (Lipinski definition) is 1. The Labute approximate surface area is 131 Å². The second-order valence-electron chi connectivity index (χ2n) is 5.53. The van der Waals surface area contributed by atoms with Crippen LogP contribution in [0.3, 0.4) is 0 Å². The monoisotopic (exact) mass is 313 g/mol. The lowest BCUT2D eigenvalue weighted by Gasteiger charge is -2.38. The Bertz CT molecular complexity index is 439. The molecule has 1 aromatic heterocycles. The molecule has 2 heterocycles. The van der Waals surface area contributed by atoms with E-state index >= 15 is 0 Å². The largest absolute Gasteiger partial charge is 0.383 e. The Morgan fingerprint density at radius 3 is 3.05 bits per heavy atom. The van der Waals surface area contributed by atoms with E-state index in [4.69, 9.17) is 14.5 Å². The highest BCUT2D eigenvalue weighted by molar-refractivity contribution is 7.15. The van der Waals surface area contributed by atoms with Gasteiger partial charge in [-0.2, -0.15) is 0 Å². The van der Waals surface area contributed by atoms with E-state index in [0.717, 1.165) is 50.1 Å². The zero-order valence-electron chi connectivity index (χ0n) is 13.5. The smallest absolute Gasteiger partial charge is 0.186 e. The summed E-state index contributed by atoms with van der Waals surface area (Å²) in [5.41, 5.74) is 1.13. The normalized spacial score (nSPS) is 22.8. The van der Waals surface area contributed by atoms with Crippen LogP contribution in [0.4, 0.5) is 5.13 Å². The highest BCUT2D eigenvalue weighted by Gasteiger charge is 2.28. The summed E-state index contributed by atoms with van der Waals surface area (Å²) in [5, 5.41) is 4.53. The lowest BCUT2D eigenvalue weighted by atomic mass is 10.1. The number of hydrogen-bond acceptors (Lipinski definition) is 6. The molecular formula is C15H27N3O2S. The molecule has 1 fully saturated rings. The van der Waals surface area contributed by atoms with Crippen molar-refractivity contribution in [1.29, 1.82) is 0 Å². The van der Waals surface area contributed by atoms with Crippen molar-refractivity contribution in [2.24, 2.45) is 0 Å². The Hall–Kier alpha value is -0.690. The Balaban J connectivity index is 2.02. The predicted octanol–water partition coefficient (Wildman–Crippen LogP) is 2.19. The fourth-order valence-electron chi connectivity index (χ4n) is 2.49. The van der Waals surface area contributed by atoms with Gasteiger partial charge < -0.3 is 19.7 Å². The van der Waals surface area contributed by atoms with Crippen molar-refractivity contribution in [3.8, 4) is 0 Å². The first-order valence-electron chi connectivity index (χ1n) is 7.69. The van der Waals surface area contributed by atoms with Gasteiger partial charge in [-0.3, -0.25) is 0 Å². The summed E-state index contributed by atoms with van der Waals surface area (Å²) in [4.78, 5) is 8.52. The first-order chi connectivity index (χ1) is 10.2. The fourth-order valence-corrected chi connectivity index (χ4v) is 3.60. The third kappa shape index (κ3) is 4.39. The summed E-state index contributed by atoms with van der Waals surface area (Å²) in [6, 6.07) is 0.445. The maximum atomic E-state index is 5.77. The molecular weight excluding hydrogens is 286 g/mol. The quantitative estimate of drug-likeness (QED) is 0.782. The van der Waals surface area contributed by atoms with Crippen LogP contribution >= 0.6 is 11.3 Å². The number of nitrogens with one attached hydrogen (secondary N) is 1. The van der Waals surface area contributed by atoms with Gasteiger partial charge in [0.1, 0.15) is 0 Å². The van der Waals surface area contributed by atoms with E-state index in [9.17, 15) is 0 Å². The minimum atomic E-state index is 0.278. The molecule has 1 saturated heterocycles. The predicted molar refractivity (Wildman–Crippen MR) is 87.3 cm³/mol. The summed E-state index contributed by atoms with van der Waals surface area (Å²) >= 11 is 1.80. The van der Waals surface area contributed by atoms with Gasteiger partial charge in [0.05, 0.1) is 31.1 Å². The third-order valence-electron chi connectivity index (χ3n) is 3.83. The molecule has 1 aliphatic rings. The topological polar surface area (TPSA) is 46.6 Å². The van der Waals surface area contributed by atoms with Crippen LogP contribution in [0.2, 0.25) is 0 Å². The van der Waals surface area contributed by atoms with Crippen molar-refractivity contribution in [2.75, 3.05) is 38.3 Å². The van der Waals surface area contributed by atoms with Gasteiger partial charge in [0.2, 0.25) is 0 Å². The van der Waals surface area contributed by atoms with E-state index in [1.807, 2.05) is 0 Å². The average Bonchev–Trinajstić information content (AvgIpc) is 2.85. The van der Waals surface area contributed by atoms with Gasteiger partial charge in [-0.1, -0.05) is 6.92 Å². The van der Waals surface area contributed by atoms with Crippen LogP contribution in [0.1, 0.15) is 30.8 Å². The van der Waals surface area contributed by atoms with Gasteiger partial charge in [-0.15, -0.1) is 11.3 Å². The minimum Gasteiger partial charge on any atom is -0.383 e. The zero-order chi connectivity index (χ0) is 15.2. The number of morpholine rings is 1. The number of aryl methyl sites for hydroxylation is 1. The number of thiazole rings is 1. The number of methoxy groups -OCH3 is 1. The lowest BCUT2D eigenvalue weighted by Crippen LogP contribution is -2.48. The number of anilines is 1. The molecule has 21 heavy (non-hydrogen) atoms. The third-order valence-corrected chi connectivity index (χ3v) is 5.03. The zero-order valence-corrected chi connectivity index (χ0v) is 14.3. The van der Waals surface area contributed by atoms with Gasteiger partial charge >= 0.3 is 0 Å².